The van der Waals surface area contributed by atoms with Crippen LogP contribution in [0.15, 0.2) is 126 Å². The van der Waals surface area contributed by atoms with E-state index in [2.05, 4.69) is 36.1 Å². The molecule has 0 bridgehead atoms. The van der Waals surface area contributed by atoms with Crippen molar-refractivity contribution in [3.63, 3.8) is 0 Å². The summed E-state index contributed by atoms with van der Waals surface area (Å²) < 4.78 is 70.1. The fourth-order valence-corrected chi connectivity index (χ4v) is 5.29. The molecule has 0 saturated carbocycles. The molecule has 39 heavy (non-hydrogen) atoms. The molecule has 0 spiro atoms. The van der Waals surface area contributed by atoms with Gasteiger partial charge in [-0.2, -0.15) is 16.8 Å². The molecule has 0 radical (unpaired) electrons. The Labute approximate surface area is 226 Å². The summed E-state index contributed by atoms with van der Waals surface area (Å²) in [4.78, 5) is 1.28. The predicted octanol–water partition coefficient (Wildman–Crippen LogP) is 4.85. The molecule has 0 atom stereocenters. The SMILES string of the molecule is C=C=C=C(N1C(=CC=Cc2ccc3ccccc3[n+]2C(=C=C=C)S(=O)(=O)O)C=Cc2ccccc21)S(=O)(=O)O. The maximum atomic E-state index is 12.2. The van der Waals surface area contributed by atoms with Gasteiger partial charge in [-0.3, -0.25) is 14.0 Å². The Morgan fingerprint density at radius 1 is 0.846 bits per heavy atom. The Balaban J connectivity index is 1.93. The molecule has 1 aliphatic rings. The molecule has 0 aliphatic carbocycles. The summed E-state index contributed by atoms with van der Waals surface area (Å²) in [6.45, 7) is 6.75. The van der Waals surface area contributed by atoms with Crippen molar-refractivity contribution in [1.82, 2.24) is 0 Å². The van der Waals surface area contributed by atoms with Crippen molar-refractivity contribution >= 4 is 54.0 Å². The monoisotopic (exact) mass is 557 g/mol. The average molecular weight is 558 g/mol. The fourth-order valence-electron chi connectivity index (χ4n) is 4.02. The van der Waals surface area contributed by atoms with Crippen LogP contribution in [-0.4, -0.2) is 25.9 Å². The Morgan fingerprint density at radius 3 is 2.23 bits per heavy atom. The number of anilines is 1. The minimum Gasteiger partial charge on any atom is -0.291 e. The van der Waals surface area contributed by atoms with Gasteiger partial charge in [-0.1, -0.05) is 53.9 Å². The molecular formula is C29H21N2O6S2+. The van der Waals surface area contributed by atoms with E-state index in [1.807, 2.05) is 0 Å². The molecule has 0 saturated heterocycles. The number of rotatable bonds is 6. The highest BCUT2D eigenvalue weighted by Gasteiger charge is 2.31. The maximum absolute atomic E-state index is 12.2. The quantitative estimate of drug-likeness (QED) is 0.253. The van der Waals surface area contributed by atoms with Crippen LogP contribution in [0.2, 0.25) is 0 Å². The van der Waals surface area contributed by atoms with Gasteiger partial charge in [-0.25, -0.2) is 0 Å². The molecule has 2 aromatic carbocycles. The van der Waals surface area contributed by atoms with Crippen LogP contribution in [-0.2, 0) is 20.2 Å². The summed E-state index contributed by atoms with van der Waals surface area (Å²) in [5.41, 5.74) is 11.6. The van der Waals surface area contributed by atoms with Crippen LogP contribution in [0.25, 0.3) is 28.1 Å². The van der Waals surface area contributed by atoms with Crippen molar-refractivity contribution < 1.29 is 30.5 Å². The molecular weight excluding hydrogens is 536 g/mol. The van der Waals surface area contributed by atoms with Gasteiger partial charge in [-0.15, -0.1) is 4.57 Å². The predicted molar refractivity (Wildman–Crippen MR) is 151 cm³/mol. The zero-order chi connectivity index (χ0) is 28.2. The van der Waals surface area contributed by atoms with E-state index in [0.29, 0.717) is 33.5 Å². The molecule has 1 aromatic heterocycles. The number of nitrogens with zero attached hydrogens (tertiary/aromatic N) is 2. The Bertz CT molecular complexity index is 1990. The van der Waals surface area contributed by atoms with E-state index in [0.717, 1.165) is 0 Å². The van der Waals surface area contributed by atoms with Crippen LogP contribution >= 0.6 is 0 Å². The third-order valence-corrected chi connectivity index (χ3v) is 7.11. The summed E-state index contributed by atoms with van der Waals surface area (Å²) in [5, 5.41) is -0.470. The largest absolute Gasteiger partial charge is 0.382 e. The average Bonchev–Trinajstić information content (AvgIpc) is 2.89. The normalized spacial score (nSPS) is 13.9. The van der Waals surface area contributed by atoms with Crippen LogP contribution in [0.3, 0.4) is 0 Å². The molecule has 0 fully saturated rings. The third kappa shape index (κ3) is 5.75. The number of fused-ring (bicyclic) bond motifs is 2. The lowest BCUT2D eigenvalue weighted by Crippen LogP contribution is -2.39. The minimum atomic E-state index is -4.74. The molecule has 1 aliphatic heterocycles. The summed E-state index contributed by atoms with van der Waals surface area (Å²) in [7, 11) is -9.47. The number of para-hydroxylation sites is 2. The highest BCUT2D eigenvalue weighted by atomic mass is 32.2. The van der Waals surface area contributed by atoms with Crippen LogP contribution in [0.1, 0.15) is 11.3 Å². The molecule has 2 heterocycles. The van der Waals surface area contributed by atoms with Gasteiger partial charge in [0.1, 0.15) is 0 Å². The fraction of sp³-hybridized carbons (Fsp3) is 0. The summed E-state index contributed by atoms with van der Waals surface area (Å²) in [6, 6.07) is 17.3. The van der Waals surface area contributed by atoms with Gasteiger partial charge < -0.3 is 0 Å². The first-order chi connectivity index (χ1) is 18.6. The van der Waals surface area contributed by atoms with Crippen LogP contribution < -0.4 is 9.47 Å². The number of hydrogen-bond donors (Lipinski definition) is 2. The van der Waals surface area contributed by atoms with Gasteiger partial charge in [0.15, 0.2) is 0 Å². The molecule has 4 rings (SSSR count). The van der Waals surface area contributed by atoms with Gasteiger partial charge >= 0.3 is 25.3 Å². The van der Waals surface area contributed by atoms with E-state index < -0.39 is 30.3 Å². The number of benzene rings is 2. The molecule has 194 valence electrons. The van der Waals surface area contributed by atoms with Gasteiger partial charge in [0.2, 0.25) is 16.2 Å². The molecule has 2 N–H and O–H groups in total. The summed E-state index contributed by atoms with van der Waals surface area (Å²) in [5.74, 6) is 0. The van der Waals surface area contributed by atoms with Crippen molar-refractivity contribution in [1.29, 1.82) is 0 Å². The summed E-state index contributed by atoms with van der Waals surface area (Å²) >= 11 is 0. The first-order valence-electron chi connectivity index (χ1n) is 11.2. The zero-order valence-corrected chi connectivity index (χ0v) is 21.9. The van der Waals surface area contributed by atoms with E-state index in [-0.39, 0.29) is 0 Å². The highest BCUT2D eigenvalue weighted by Crippen LogP contribution is 2.35. The number of allylic oxidation sites excluding steroid dienone is 3. The molecule has 0 unspecified atom stereocenters. The highest BCUT2D eigenvalue weighted by molar-refractivity contribution is 7.94. The summed E-state index contributed by atoms with van der Waals surface area (Å²) in [6.07, 6.45) is 8.08. The third-order valence-electron chi connectivity index (χ3n) is 5.56. The lowest BCUT2D eigenvalue weighted by Gasteiger charge is -2.29. The Kier molecular flexibility index (Phi) is 7.68. The minimum absolute atomic E-state index is 0.337. The second kappa shape index (κ2) is 11.0. The van der Waals surface area contributed by atoms with E-state index in [1.165, 1.54) is 9.47 Å². The zero-order valence-electron chi connectivity index (χ0n) is 20.3. The van der Waals surface area contributed by atoms with Crippen molar-refractivity contribution in [3.05, 3.63) is 137 Å². The van der Waals surface area contributed by atoms with Crippen molar-refractivity contribution in [2.45, 2.75) is 0 Å². The first kappa shape index (κ1) is 27.3. The van der Waals surface area contributed by atoms with Gasteiger partial charge in [0, 0.05) is 35.0 Å². The molecule has 10 heteroatoms. The smallest absolute Gasteiger partial charge is 0.291 e. The van der Waals surface area contributed by atoms with Gasteiger partial charge in [-0.05, 0) is 54.8 Å². The number of hydrogen-bond acceptors (Lipinski definition) is 5. The van der Waals surface area contributed by atoms with E-state index in [1.54, 1.807) is 91.0 Å². The van der Waals surface area contributed by atoms with E-state index in [9.17, 15) is 25.9 Å². The topological polar surface area (TPSA) is 116 Å². The molecule has 0 amide bonds. The van der Waals surface area contributed by atoms with Crippen LogP contribution in [0.4, 0.5) is 5.69 Å². The van der Waals surface area contributed by atoms with Crippen LogP contribution in [0, 0.1) is 0 Å². The van der Waals surface area contributed by atoms with Crippen molar-refractivity contribution in [3.8, 4) is 0 Å². The van der Waals surface area contributed by atoms with E-state index in [4.69, 9.17) is 0 Å². The maximum Gasteiger partial charge on any atom is 0.382 e. The molecule has 3 aromatic rings. The van der Waals surface area contributed by atoms with Crippen molar-refractivity contribution in [2.75, 3.05) is 4.90 Å². The molecule has 8 nitrogen and oxygen atoms in total. The van der Waals surface area contributed by atoms with Gasteiger partial charge in [0.25, 0.3) is 0 Å². The Morgan fingerprint density at radius 2 is 1.54 bits per heavy atom. The number of aromatic nitrogens is 1. The standard InChI is InChI=1S/C29H20N2O6S2/c1-3-10-28(38(32,33)34)30-24(20-18-22-12-5-7-16-26(22)30)14-9-15-25-21-19-23-13-6-8-17-27(23)31(25)29(11-4-2)39(35,36)37/h5-9,12-21H,1-2H2,(H-,32,33,34,35,36,37)/p+1. The lowest BCUT2D eigenvalue weighted by atomic mass is 10.1. The van der Waals surface area contributed by atoms with Gasteiger partial charge in [0.05, 0.1) is 5.69 Å². The van der Waals surface area contributed by atoms with Crippen LogP contribution in [0.5, 0.6) is 0 Å². The van der Waals surface area contributed by atoms with Crippen molar-refractivity contribution in [2.24, 2.45) is 0 Å². The van der Waals surface area contributed by atoms with E-state index >= 15 is 0 Å². The first-order valence-corrected chi connectivity index (χ1v) is 14.1. The number of pyridine rings is 1. The Hall–Kier alpha value is -4.71. The lowest BCUT2D eigenvalue weighted by molar-refractivity contribution is -0.547. The second-order valence-corrected chi connectivity index (χ2v) is 10.7. The second-order valence-electron chi connectivity index (χ2n) is 7.99.